The summed E-state index contributed by atoms with van der Waals surface area (Å²) >= 11 is 0. The van der Waals surface area contributed by atoms with Gasteiger partial charge in [0.05, 0.1) is 33.7 Å². The van der Waals surface area contributed by atoms with Crippen LogP contribution in [0.2, 0.25) is 0 Å². The molecule has 7 heteroatoms. The van der Waals surface area contributed by atoms with Crippen molar-refractivity contribution in [3.8, 4) is 0 Å². The molecule has 0 aliphatic rings. The lowest BCUT2D eigenvalue weighted by Gasteiger charge is -2.15. The molecule has 2 aromatic heterocycles. The van der Waals surface area contributed by atoms with Crippen LogP contribution in [0.4, 0.5) is 5.69 Å². The second-order valence-corrected chi connectivity index (χ2v) is 8.51. The molecule has 5 aromatic rings. The van der Waals surface area contributed by atoms with Gasteiger partial charge in [-0.15, -0.1) is 0 Å². The van der Waals surface area contributed by atoms with Gasteiger partial charge in [0.25, 0.3) is 5.69 Å². The molecule has 2 atom stereocenters. The zero-order chi connectivity index (χ0) is 24.4. The van der Waals surface area contributed by atoms with Crippen LogP contribution in [0.1, 0.15) is 34.7 Å². The van der Waals surface area contributed by atoms with Gasteiger partial charge in [0.2, 0.25) is 0 Å². The molecule has 2 N–H and O–H groups in total. The number of pyridine rings is 2. The lowest BCUT2D eigenvalue weighted by Crippen LogP contribution is -2.09. The molecule has 0 fully saturated rings. The number of hydrogen-bond donors (Lipinski definition) is 2. The molecule has 7 nitrogen and oxygen atoms in total. The molecule has 5 rings (SSSR count). The standard InChI is InChI=1S/C28H23N3O4/c32-27(16-21-12-9-18-5-1-3-7-24(18)29-21)20-11-14-23(26(15-20)31(34)35)28(33)17-22-13-10-19-6-2-4-8-25(19)30-22/h1-15,27-28,32-33H,16-17H2/t27-,28+/m1/s1. The van der Waals surface area contributed by atoms with Crippen LogP contribution in [0.5, 0.6) is 0 Å². The van der Waals surface area contributed by atoms with Gasteiger partial charge in [-0.3, -0.25) is 20.1 Å². The third kappa shape index (κ3) is 4.87. The molecular weight excluding hydrogens is 442 g/mol. The summed E-state index contributed by atoms with van der Waals surface area (Å²) in [7, 11) is 0. The van der Waals surface area contributed by atoms with Crippen molar-refractivity contribution in [3.63, 3.8) is 0 Å². The van der Waals surface area contributed by atoms with Crippen molar-refractivity contribution in [1.29, 1.82) is 0 Å². The van der Waals surface area contributed by atoms with Crippen molar-refractivity contribution in [3.05, 3.63) is 124 Å². The minimum atomic E-state index is -1.11. The number of fused-ring (bicyclic) bond motifs is 2. The first-order valence-corrected chi connectivity index (χ1v) is 11.3. The molecule has 0 aliphatic carbocycles. The third-order valence-electron chi connectivity index (χ3n) is 6.11. The summed E-state index contributed by atoms with van der Waals surface area (Å²) in [5.41, 5.74) is 3.29. The Balaban J connectivity index is 1.37. The van der Waals surface area contributed by atoms with Gasteiger partial charge in [-0.25, -0.2) is 0 Å². The normalized spacial score (nSPS) is 13.1. The maximum absolute atomic E-state index is 11.8. The van der Waals surface area contributed by atoms with Crippen LogP contribution < -0.4 is 0 Å². The van der Waals surface area contributed by atoms with Gasteiger partial charge in [-0.1, -0.05) is 54.6 Å². The van der Waals surface area contributed by atoms with Gasteiger partial charge in [-0.2, -0.15) is 0 Å². The summed E-state index contributed by atoms with van der Waals surface area (Å²) < 4.78 is 0. The van der Waals surface area contributed by atoms with Crippen LogP contribution in [0.15, 0.2) is 91.0 Å². The fourth-order valence-electron chi connectivity index (χ4n) is 4.28. The van der Waals surface area contributed by atoms with Crippen LogP contribution in [0.3, 0.4) is 0 Å². The lowest BCUT2D eigenvalue weighted by atomic mass is 9.97. The van der Waals surface area contributed by atoms with Crippen LogP contribution in [-0.4, -0.2) is 25.1 Å². The zero-order valence-corrected chi connectivity index (χ0v) is 18.8. The van der Waals surface area contributed by atoms with Gasteiger partial charge in [-0.05, 0) is 35.9 Å². The number of aromatic nitrogens is 2. The number of para-hydroxylation sites is 2. The number of benzene rings is 3. The van der Waals surface area contributed by atoms with E-state index in [0.717, 1.165) is 21.8 Å². The highest BCUT2D eigenvalue weighted by atomic mass is 16.6. The number of hydrogen-bond acceptors (Lipinski definition) is 6. The van der Waals surface area contributed by atoms with E-state index in [1.54, 1.807) is 6.07 Å². The fraction of sp³-hybridized carbons (Fsp3) is 0.143. The van der Waals surface area contributed by atoms with Crippen molar-refractivity contribution in [2.45, 2.75) is 25.0 Å². The number of nitro benzene ring substituents is 1. The Kier molecular flexibility index (Phi) is 6.18. The Morgan fingerprint density at radius 3 is 1.83 bits per heavy atom. The highest BCUT2D eigenvalue weighted by Crippen LogP contribution is 2.31. The molecule has 0 radical (unpaired) electrons. The minimum Gasteiger partial charge on any atom is -0.388 e. The molecule has 35 heavy (non-hydrogen) atoms. The van der Waals surface area contributed by atoms with E-state index in [1.807, 2.05) is 72.8 Å². The van der Waals surface area contributed by atoms with Gasteiger partial charge in [0, 0.05) is 41.1 Å². The molecule has 2 heterocycles. The second-order valence-electron chi connectivity index (χ2n) is 8.51. The quantitative estimate of drug-likeness (QED) is 0.251. The second kappa shape index (κ2) is 9.58. The highest BCUT2D eigenvalue weighted by Gasteiger charge is 2.24. The zero-order valence-electron chi connectivity index (χ0n) is 18.8. The van der Waals surface area contributed by atoms with Crippen molar-refractivity contribution in [1.82, 2.24) is 9.97 Å². The summed E-state index contributed by atoms with van der Waals surface area (Å²) in [6, 6.07) is 27.3. The number of rotatable bonds is 7. The average Bonchev–Trinajstić information content (AvgIpc) is 2.88. The molecule has 0 spiro atoms. The molecule has 0 saturated heterocycles. The smallest absolute Gasteiger partial charge is 0.275 e. The molecular formula is C28H23N3O4. The highest BCUT2D eigenvalue weighted by molar-refractivity contribution is 5.79. The largest absolute Gasteiger partial charge is 0.388 e. The van der Waals surface area contributed by atoms with Gasteiger partial charge in [0.1, 0.15) is 0 Å². The SMILES string of the molecule is O=[N+]([O-])c1cc([C@H](O)Cc2ccc3ccccc3n2)ccc1[C@@H](O)Cc1ccc2ccccc2n1. The van der Waals surface area contributed by atoms with Gasteiger partial charge < -0.3 is 10.2 Å². The van der Waals surface area contributed by atoms with E-state index in [9.17, 15) is 20.3 Å². The maximum atomic E-state index is 11.8. The van der Waals surface area contributed by atoms with Crippen LogP contribution >= 0.6 is 0 Å². The number of nitro groups is 1. The topological polar surface area (TPSA) is 109 Å². The Morgan fingerprint density at radius 1 is 0.714 bits per heavy atom. The van der Waals surface area contributed by atoms with Gasteiger partial charge >= 0.3 is 0 Å². The Morgan fingerprint density at radius 2 is 1.26 bits per heavy atom. The predicted octanol–water partition coefficient (Wildman–Crippen LogP) is 5.24. The van der Waals surface area contributed by atoms with E-state index in [-0.39, 0.29) is 24.1 Å². The molecule has 0 unspecified atom stereocenters. The Bertz CT molecular complexity index is 1540. The molecule has 0 aliphatic heterocycles. The van der Waals surface area contributed by atoms with E-state index < -0.39 is 17.1 Å². The van der Waals surface area contributed by atoms with Crippen molar-refractivity contribution in [2.24, 2.45) is 0 Å². The van der Waals surface area contributed by atoms with E-state index >= 15 is 0 Å². The van der Waals surface area contributed by atoms with Crippen molar-refractivity contribution >= 4 is 27.5 Å². The monoisotopic (exact) mass is 465 g/mol. The molecule has 0 amide bonds. The van der Waals surface area contributed by atoms with Crippen LogP contribution in [-0.2, 0) is 12.8 Å². The minimum absolute atomic E-state index is 0.134. The summed E-state index contributed by atoms with van der Waals surface area (Å²) in [4.78, 5) is 20.4. The van der Waals surface area contributed by atoms with E-state index in [2.05, 4.69) is 9.97 Å². The fourth-order valence-corrected chi connectivity index (χ4v) is 4.28. The van der Waals surface area contributed by atoms with Crippen LogP contribution in [0.25, 0.3) is 21.8 Å². The maximum Gasteiger partial charge on any atom is 0.275 e. The summed E-state index contributed by atoms with van der Waals surface area (Å²) in [6.07, 6.45) is -1.74. The number of nitrogens with zero attached hydrogens (tertiary/aromatic N) is 3. The summed E-state index contributed by atoms with van der Waals surface area (Å²) in [5, 5.41) is 35.4. The van der Waals surface area contributed by atoms with Gasteiger partial charge in [0.15, 0.2) is 0 Å². The first kappa shape index (κ1) is 22.6. The van der Waals surface area contributed by atoms with Crippen molar-refractivity contribution < 1.29 is 15.1 Å². The van der Waals surface area contributed by atoms with E-state index in [0.29, 0.717) is 17.0 Å². The van der Waals surface area contributed by atoms with E-state index in [4.69, 9.17) is 0 Å². The molecule has 174 valence electrons. The number of aliphatic hydroxyl groups excluding tert-OH is 2. The Hall–Kier alpha value is -4.20. The van der Waals surface area contributed by atoms with Crippen LogP contribution in [0, 0.1) is 10.1 Å². The number of aliphatic hydroxyl groups is 2. The Labute approximate surface area is 201 Å². The average molecular weight is 466 g/mol. The molecule has 0 saturated carbocycles. The predicted molar refractivity (Wildman–Crippen MR) is 134 cm³/mol. The first-order valence-electron chi connectivity index (χ1n) is 11.3. The molecule has 0 bridgehead atoms. The third-order valence-corrected chi connectivity index (χ3v) is 6.11. The van der Waals surface area contributed by atoms with Crippen molar-refractivity contribution in [2.75, 3.05) is 0 Å². The summed E-state index contributed by atoms with van der Waals surface area (Å²) in [6.45, 7) is 0. The first-order chi connectivity index (χ1) is 17.0. The molecule has 3 aromatic carbocycles. The lowest BCUT2D eigenvalue weighted by molar-refractivity contribution is -0.386. The van der Waals surface area contributed by atoms with E-state index in [1.165, 1.54) is 12.1 Å². The summed E-state index contributed by atoms with van der Waals surface area (Å²) in [5.74, 6) is 0.